The molecule has 20 heavy (non-hydrogen) atoms. The molecular weight excluding hydrogens is 403 g/mol. The molecule has 1 nitrogen and oxygen atoms in total. The third kappa shape index (κ3) is 3.21. The largest absolute Gasteiger partial charge is 0.496 e. The van der Waals surface area contributed by atoms with Crippen molar-refractivity contribution in [2.24, 2.45) is 0 Å². The van der Waals surface area contributed by atoms with Crippen molar-refractivity contribution in [3.63, 3.8) is 0 Å². The van der Waals surface area contributed by atoms with E-state index in [1.165, 1.54) is 16.7 Å². The van der Waals surface area contributed by atoms with Crippen molar-refractivity contribution in [1.82, 2.24) is 0 Å². The van der Waals surface area contributed by atoms with E-state index in [4.69, 9.17) is 16.3 Å². The predicted molar refractivity (Wildman–Crippen MR) is 92.4 cm³/mol. The predicted octanol–water partition coefficient (Wildman–Crippen LogP) is 6.21. The maximum Gasteiger partial charge on any atom is 0.125 e. The van der Waals surface area contributed by atoms with Gasteiger partial charge in [-0.15, -0.1) is 0 Å². The lowest BCUT2D eigenvalue weighted by atomic mass is 9.98. The number of halogens is 3. The van der Waals surface area contributed by atoms with Crippen LogP contribution in [0.5, 0.6) is 5.75 Å². The SMILES string of the molecule is COc1cc(Cl)ccc1C(Br)c1cc(C)c(Br)cc1C. The van der Waals surface area contributed by atoms with E-state index in [9.17, 15) is 0 Å². The lowest BCUT2D eigenvalue weighted by molar-refractivity contribution is 0.410. The second kappa shape index (κ2) is 6.50. The number of methoxy groups -OCH3 is 1. The molecule has 0 N–H and O–H groups in total. The van der Waals surface area contributed by atoms with Gasteiger partial charge in [-0.05, 0) is 48.7 Å². The van der Waals surface area contributed by atoms with E-state index in [2.05, 4.69) is 57.8 Å². The number of ether oxygens (including phenoxy) is 1. The molecule has 0 aliphatic rings. The molecule has 0 saturated heterocycles. The zero-order valence-electron chi connectivity index (χ0n) is 11.5. The van der Waals surface area contributed by atoms with Gasteiger partial charge in [0.25, 0.3) is 0 Å². The van der Waals surface area contributed by atoms with E-state index in [0.717, 1.165) is 15.8 Å². The average molecular weight is 419 g/mol. The van der Waals surface area contributed by atoms with Crippen LogP contribution in [0.2, 0.25) is 5.02 Å². The van der Waals surface area contributed by atoms with Gasteiger partial charge in [0.2, 0.25) is 0 Å². The minimum Gasteiger partial charge on any atom is -0.496 e. The van der Waals surface area contributed by atoms with Crippen molar-refractivity contribution in [3.8, 4) is 5.75 Å². The van der Waals surface area contributed by atoms with Crippen LogP contribution in [0, 0.1) is 13.8 Å². The van der Waals surface area contributed by atoms with Crippen molar-refractivity contribution in [2.75, 3.05) is 7.11 Å². The summed E-state index contributed by atoms with van der Waals surface area (Å²) in [5, 5.41) is 0.675. The molecule has 4 heteroatoms. The molecule has 0 amide bonds. The molecule has 0 aliphatic carbocycles. The fraction of sp³-hybridized carbons (Fsp3) is 0.250. The van der Waals surface area contributed by atoms with Gasteiger partial charge in [-0.3, -0.25) is 0 Å². The number of aryl methyl sites for hydroxylation is 2. The van der Waals surface area contributed by atoms with Crippen molar-refractivity contribution in [3.05, 3.63) is 62.1 Å². The first-order valence-corrected chi connectivity index (χ1v) is 8.27. The Labute approximate surface area is 141 Å². The second-order valence-electron chi connectivity index (χ2n) is 4.71. The van der Waals surface area contributed by atoms with Crippen LogP contribution >= 0.6 is 43.5 Å². The van der Waals surface area contributed by atoms with E-state index in [-0.39, 0.29) is 4.83 Å². The van der Waals surface area contributed by atoms with E-state index in [1.54, 1.807) is 7.11 Å². The zero-order chi connectivity index (χ0) is 14.9. The first-order valence-electron chi connectivity index (χ1n) is 6.18. The fourth-order valence-corrected chi connectivity index (χ4v) is 3.63. The Morgan fingerprint density at radius 1 is 1.05 bits per heavy atom. The molecule has 1 atom stereocenters. The van der Waals surface area contributed by atoms with Gasteiger partial charge in [-0.1, -0.05) is 55.6 Å². The van der Waals surface area contributed by atoms with Gasteiger partial charge in [0.15, 0.2) is 0 Å². The summed E-state index contributed by atoms with van der Waals surface area (Å²) in [4.78, 5) is 0.0708. The van der Waals surface area contributed by atoms with Gasteiger partial charge in [-0.25, -0.2) is 0 Å². The van der Waals surface area contributed by atoms with E-state index in [1.807, 2.05) is 18.2 Å². The van der Waals surface area contributed by atoms with Gasteiger partial charge in [-0.2, -0.15) is 0 Å². The summed E-state index contributed by atoms with van der Waals surface area (Å²) in [7, 11) is 1.66. The second-order valence-corrected chi connectivity index (χ2v) is 6.91. The van der Waals surface area contributed by atoms with Crippen LogP contribution in [0.4, 0.5) is 0 Å². The van der Waals surface area contributed by atoms with Crippen LogP contribution in [0.3, 0.4) is 0 Å². The van der Waals surface area contributed by atoms with E-state index >= 15 is 0 Å². The Kier molecular flexibility index (Phi) is 5.16. The lowest BCUT2D eigenvalue weighted by Gasteiger charge is -2.18. The fourth-order valence-electron chi connectivity index (χ4n) is 2.14. The van der Waals surface area contributed by atoms with Crippen molar-refractivity contribution < 1.29 is 4.74 Å². The molecule has 106 valence electrons. The van der Waals surface area contributed by atoms with Gasteiger partial charge in [0, 0.05) is 15.1 Å². The normalized spacial score (nSPS) is 12.3. The Hall–Kier alpha value is -0.510. The van der Waals surface area contributed by atoms with Gasteiger partial charge < -0.3 is 4.74 Å². The maximum absolute atomic E-state index is 6.02. The standard InChI is InChI=1S/C16H15Br2ClO/c1-9-7-14(17)10(2)6-13(9)16(18)12-5-4-11(19)8-15(12)20-3/h4-8,16H,1-3H3. The Balaban J connectivity index is 2.51. The average Bonchev–Trinajstić information content (AvgIpc) is 2.42. The third-order valence-electron chi connectivity index (χ3n) is 3.29. The van der Waals surface area contributed by atoms with Crippen molar-refractivity contribution in [2.45, 2.75) is 18.7 Å². The molecule has 0 saturated carbocycles. The number of alkyl halides is 1. The summed E-state index contributed by atoms with van der Waals surface area (Å²) < 4.78 is 6.57. The smallest absolute Gasteiger partial charge is 0.125 e. The van der Waals surface area contributed by atoms with Gasteiger partial charge in [0.05, 0.1) is 11.9 Å². The molecule has 0 radical (unpaired) electrons. The lowest BCUT2D eigenvalue weighted by Crippen LogP contribution is -2.00. The highest BCUT2D eigenvalue weighted by atomic mass is 79.9. The highest BCUT2D eigenvalue weighted by molar-refractivity contribution is 9.10. The van der Waals surface area contributed by atoms with E-state index < -0.39 is 0 Å². The Bertz CT molecular complexity index is 641. The Morgan fingerprint density at radius 2 is 1.75 bits per heavy atom. The number of hydrogen-bond acceptors (Lipinski definition) is 1. The first kappa shape index (κ1) is 15.9. The Morgan fingerprint density at radius 3 is 2.40 bits per heavy atom. The molecule has 0 bridgehead atoms. The highest BCUT2D eigenvalue weighted by Gasteiger charge is 2.18. The van der Waals surface area contributed by atoms with Crippen molar-refractivity contribution >= 4 is 43.5 Å². The summed E-state index contributed by atoms with van der Waals surface area (Å²) >= 11 is 13.4. The molecule has 0 heterocycles. The summed E-state index contributed by atoms with van der Waals surface area (Å²) in [6, 6.07) is 10.0. The molecule has 1 unspecified atom stereocenters. The quantitative estimate of drug-likeness (QED) is 0.538. The first-order chi connectivity index (χ1) is 9.43. The zero-order valence-corrected chi connectivity index (χ0v) is 15.4. The summed E-state index contributed by atoms with van der Waals surface area (Å²) in [6.07, 6.45) is 0. The van der Waals surface area contributed by atoms with Crippen LogP contribution < -0.4 is 4.74 Å². The summed E-state index contributed by atoms with van der Waals surface area (Å²) in [6.45, 7) is 4.20. The molecule has 2 aromatic rings. The number of benzene rings is 2. The molecule has 0 spiro atoms. The number of rotatable bonds is 3. The molecule has 0 aromatic heterocycles. The van der Waals surface area contributed by atoms with Crippen molar-refractivity contribution in [1.29, 1.82) is 0 Å². The summed E-state index contributed by atoms with van der Waals surface area (Å²) in [5.41, 5.74) is 4.73. The third-order valence-corrected chi connectivity index (χ3v) is 5.36. The van der Waals surface area contributed by atoms with Crippen LogP contribution in [-0.4, -0.2) is 7.11 Å². The minimum absolute atomic E-state index is 0.0708. The topological polar surface area (TPSA) is 9.23 Å². The molecule has 2 aromatic carbocycles. The molecular formula is C16H15Br2ClO. The molecule has 2 rings (SSSR count). The van der Waals surface area contributed by atoms with E-state index in [0.29, 0.717) is 5.02 Å². The van der Waals surface area contributed by atoms with Gasteiger partial charge in [0.1, 0.15) is 5.75 Å². The number of hydrogen-bond donors (Lipinski definition) is 0. The summed E-state index contributed by atoms with van der Waals surface area (Å²) in [5.74, 6) is 0.791. The minimum atomic E-state index is 0.0708. The maximum atomic E-state index is 6.02. The van der Waals surface area contributed by atoms with Crippen LogP contribution in [-0.2, 0) is 0 Å². The van der Waals surface area contributed by atoms with Gasteiger partial charge >= 0.3 is 0 Å². The molecule has 0 fully saturated rings. The van der Waals surface area contributed by atoms with Crippen LogP contribution in [0.15, 0.2) is 34.8 Å². The van der Waals surface area contributed by atoms with Crippen LogP contribution in [0.25, 0.3) is 0 Å². The monoisotopic (exact) mass is 416 g/mol. The highest BCUT2D eigenvalue weighted by Crippen LogP contribution is 2.40. The van der Waals surface area contributed by atoms with Crippen LogP contribution in [0.1, 0.15) is 27.1 Å². The molecule has 0 aliphatic heterocycles.